The second-order valence-corrected chi connectivity index (χ2v) is 6.80. The van der Waals surface area contributed by atoms with Crippen molar-refractivity contribution in [3.8, 4) is 0 Å². The van der Waals surface area contributed by atoms with E-state index in [9.17, 15) is 12.8 Å². The monoisotopic (exact) mass is 286 g/mol. The molecule has 0 aromatic heterocycles. The summed E-state index contributed by atoms with van der Waals surface area (Å²) in [6.45, 7) is 1.59. The quantitative estimate of drug-likeness (QED) is 0.888. The van der Waals surface area contributed by atoms with Crippen molar-refractivity contribution >= 4 is 10.0 Å². The van der Waals surface area contributed by atoms with E-state index in [4.69, 9.17) is 5.73 Å². The summed E-state index contributed by atoms with van der Waals surface area (Å²) in [5.74, 6) is -0.518. The summed E-state index contributed by atoms with van der Waals surface area (Å²) >= 11 is 0. The summed E-state index contributed by atoms with van der Waals surface area (Å²) in [6, 6.07) is 3.49. The summed E-state index contributed by atoms with van der Waals surface area (Å²) < 4.78 is 40.4. The van der Waals surface area contributed by atoms with Crippen LogP contribution in [0.2, 0.25) is 0 Å². The van der Waals surface area contributed by atoms with E-state index in [-0.39, 0.29) is 17.0 Å². The second-order valence-electron chi connectivity index (χ2n) is 5.09. The number of rotatable bonds is 3. The average Bonchev–Trinajstić information content (AvgIpc) is 2.35. The molecule has 4 nitrogen and oxygen atoms in total. The molecule has 2 atom stereocenters. The van der Waals surface area contributed by atoms with Crippen LogP contribution in [0.4, 0.5) is 4.39 Å². The Bertz CT molecular complexity index is 560. The van der Waals surface area contributed by atoms with Gasteiger partial charge in [-0.1, -0.05) is 18.9 Å². The Balaban J connectivity index is 2.19. The third-order valence-corrected chi connectivity index (χ3v) is 5.07. The molecule has 3 N–H and O–H groups in total. The van der Waals surface area contributed by atoms with Gasteiger partial charge in [-0.3, -0.25) is 0 Å². The lowest BCUT2D eigenvalue weighted by molar-refractivity contribution is 0.361. The van der Waals surface area contributed by atoms with Crippen molar-refractivity contribution in [2.45, 2.75) is 49.6 Å². The molecule has 0 amide bonds. The van der Waals surface area contributed by atoms with E-state index in [1.165, 1.54) is 12.1 Å². The first-order valence-electron chi connectivity index (χ1n) is 6.44. The highest BCUT2D eigenvalue weighted by molar-refractivity contribution is 7.89. The van der Waals surface area contributed by atoms with E-state index in [2.05, 4.69) is 4.72 Å². The molecule has 106 valence electrons. The van der Waals surface area contributed by atoms with Crippen LogP contribution in [0.5, 0.6) is 0 Å². The van der Waals surface area contributed by atoms with Gasteiger partial charge in [0.05, 0.1) is 4.90 Å². The predicted octanol–water partition coefficient (Wildman–Crippen LogP) is 1.68. The lowest BCUT2D eigenvalue weighted by Gasteiger charge is -2.29. The number of nitrogens with two attached hydrogens (primary N) is 1. The van der Waals surface area contributed by atoms with Crippen LogP contribution in [0.25, 0.3) is 0 Å². The number of nitrogens with one attached hydrogen (secondary N) is 1. The van der Waals surface area contributed by atoms with Gasteiger partial charge in [0.2, 0.25) is 10.0 Å². The van der Waals surface area contributed by atoms with Gasteiger partial charge >= 0.3 is 0 Å². The summed E-state index contributed by atoms with van der Waals surface area (Å²) in [5.41, 5.74) is 6.34. The van der Waals surface area contributed by atoms with Crippen molar-refractivity contribution in [3.05, 3.63) is 29.6 Å². The molecule has 0 saturated heterocycles. The molecule has 0 aliphatic heterocycles. The van der Waals surface area contributed by atoms with Crippen molar-refractivity contribution in [3.63, 3.8) is 0 Å². The van der Waals surface area contributed by atoms with Crippen molar-refractivity contribution in [2.24, 2.45) is 5.73 Å². The molecule has 0 bridgehead atoms. The Morgan fingerprint density at radius 2 is 2.00 bits per heavy atom. The van der Waals surface area contributed by atoms with Gasteiger partial charge in [-0.25, -0.2) is 17.5 Å². The topological polar surface area (TPSA) is 72.2 Å². The van der Waals surface area contributed by atoms with Crippen LogP contribution in [0, 0.1) is 12.7 Å². The minimum atomic E-state index is -3.70. The van der Waals surface area contributed by atoms with Crippen LogP contribution < -0.4 is 10.5 Å². The van der Waals surface area contributed by atoms with Crippen LogP contribution in [0.1, 0.15) is 31.2 Å². The fourth-order valence-corrected chi connectivity index (χ4v) is 3.65. The molecule has 2 unspecified atom stereocenters. The van der Waals surface area contributed by atoms with Crippen molar-refractivity contribution in [2.75, 3.05) is 0 Å². The van der Waals surface area contributed by atoms with Gasteiger partial charge in [0.25, 0.3) is 0 Å². The molecule has 1 aliphatic rings. The molecule has 2 rings (SSSR count). The molecule has 19 heavy (non-hydrogen) atoms. The van der Waals surface area contributed by atoms with Crippen LogP contribution in [-0.4, -0.2) is 20.5 Å². The Morgan fingerprint density at radius 3 is 2.63 bits per heavy atom. The molecule has 0 heterocycles. The van der Waals surface area contributed by atoms with E-state index in [0.29, 0.717) is 5.56 Å². The van der Waals surface area contributed by atoms with Gasteiger partial charge in [0, 0.05) is 12.1 Å². The van der Waals surface area contributed by atoms with Crippen LogP contribution in [-0.2, 0) is 10.0 Å². The Morgan fingerprint density at radius 1 is 1.32 bits per heavy atom. The van der Waals surface area contributed by atoms with Crippen molar-refractivity contribution < 1.29 is 12.8 Å². The number of halogens is 1. The minimum absolute atomic E-state index is 0.0478. The van der Waals surface area contributed by atoms with E-state index < -0.39 is 15.8 Å². The van der Waals surface area contributed by atoms with Crippen LogP contribution in [0.3, 0.4) is 0 Å². The van der Waals surface area contributed by atoms with Gasteiger partial charge < -0.3 is 5.73 Å². The van der Waals surface area contributed by atoms with E-state index >= 15 is 0 Å². The number of aryl methyl sites for hydroxylation is 1. The molecule has 1 aromatic carbocycles. The molecule has 1 aromatic rings. The zero-order valence-corrected chi connectivity index (χ0v) is 11.7. The first kappa shape index (κ1) is 14.4. The maximum atomic E-state index is 13.4. The number of sulfonamides is 1. The summed E-state index contributed by atoms with van der Waals surface area (Å²) in [6.07, 6.45) is 3.53. The highest BCUT2D eigenvalue weighted by Crippen LogP contribution is 2.20. The zero-order valence-electron chi connectivity index (χ0n) is 10.9. The summed E-state index contributed by atoms with van der Waals surface area (Å²) in [4.78, 5) is -0.0478. The number of hydrogen-bond donors (Lipinski definition) is 2. The van der Waals surface area contributed by atoms with Gasteiger partial charge in [0.15, 0.2) is 0 Å². The van der Waals surface area contributed by atoms with Crippen molar-refractivity contribution in [1.82, 2.24) is 4.72 Å². The molecular weight excluding hydrogens is 267 g/mol. The summed E-state index contributed by atoms with van der Waals surface area (Å²) in [7, 11) is -3.70. The number of hydrogen-bond acceptors (Lipinski definition) is 3. The predicted molar refractivity (Wildman–Crippen MR) is 71.7 cm³/mol. The van der Waals surface area contributed by atoms with E-state index in [1.807, 2.05) is 0 Å². The number of benzene rings is 1. The van der Waals surface area contributed by atoms with Gasteiger partial charge in [0.1, 0.15) is 5.82 Å². The third kappa shape index (κ3) is 3.32. The van der Waals surface area contributed by atoms with E-state index in [1.54, 1.807) is 6.92 Å². The smallest absolute Gasteiger partial charge is 0.240 e. The zero-order chi connectivity index (χ0) is 14.0. The Labute approximate surface area is 113 Å². The fraction of sp³-hybridized carbons (Fsp3) is 0.538. The standard InChI is InChI=1S/C13H19FN2O2S/c1-9-6-7-10(8-11(9)14)19(17,18)16-13-5-3-2-4-12(13)15/h6-8,12-13,16H,2-5,15H2,1H3. The lowest BCUT2D eigenvalue weighted by Crippen LogP contribution is -2.49. The molecule has 1 saturated carbocycles. The molecule has 0 spiro atoms. The van der Waals surface area contributed by atoms with Gasteiger partial charge in [-0.2, -0.15) is 0 Å². The normalized spacial score (nSPS) is 24.4. The van der Waals surface area contributed by atoms with Gasteiger partial charge in [-0.05, 0) is 37.5 Å². The molecule has 1 fully saturated rings. The summed E-state index contributed by atoms with van der Waals surface area (Å²) in [5, 5.41) is 0. The van der Waals surface area contributed by atoms with Crippen LogP contribution >= 0.6 is 0 Å². The third-order valence-electron chi connectivity index (χ3n) is 3.58. The van der Waals surface area contributed by atoms with Crippen molar-refractivity contribution in [1.29, 1.82) is 0 Å². The highest BCUT2D eigenvalue weighted by Gasteiger charge is 2.27. The first-order chi connectivity index (χ1) is 8.90. The Hall–Kier alpha value is -0.980. The molecular formula is C13H19FN2O2S. The maximum Gasteiger partial charge on any atom is 0.240 e. The molecule has 6 heteroatoms. The minimum Gasteiger partial charge on any atom is -0.326 e. The molecule has 1 aliphatic carbocycles. The second kappa shape index (κ2) is 5.56. The largest absolute Gasteiger partial charge is 0.326 e. The van der Waals surface area contributed by atoms with E-state index in [0.717, 1.165) is 31.7 Å². The first-order valence-corrected chi connectivity index (χ1v) is 7.92. The fourth-order valence-electron chi connectivity index (χ4n) is 2.31. The maximum absolute atomic E-state index is 13.4. The lowest BCUT2D eigenvalue weighted by atomic mass is 9.92. The average molecular weight is 286 g/mol. The SMILES string of the molecule is Cc1ccc(S(=O)(=O)NC2CCCCC2N)cc1F. The molecule has 0 radical (unpaired) electrons. The Kier molecular flexibility index (Phi) is 4.23. The van der Waals surface area contributed by atoms with Gasteiger partial charge in [-0.15, -0.1) is 0 Å². The highest BCUT2D eigenvalue weighted by atomic mass is 32.2. The van der Waals surface area contributed by atoms with Crippen LogP contribution in [0.15, 0.2) is 23.1 Å².